The lowest BCUT2D eigenvalue weighted by Gasteiger charge is -2.07. The molecule has 2 rings (SSSR count). The lowest BCUT2D eigenvalue weighted by atomic mass is 10.1. The summed E-state index contributed by atoms with van der Waals surface area (Å²) in [7, 11) is 0. The summed E-state index contributed by atoms with van der Waals surface area (Å²) in [6.45, 7) is 2.77. The highest BCUT2D eigenvalue weighted by molar-refractivity contribution is 6.32. The number of anilines is 1. The monoisotopic (exact) mass is 263 g/mol. The fourth-order valence-electron chi connectivity index (χ4n) is 1.72. The van der Waals surface area contributed by atoms with Crippen LogP contribution in [0.4, 0.5) is 5.69 Å². The van der Waals surface area contributed by atoms with Crippen molar-refractivity contribution >= 4 is 17.3 Å². The van der Waals surface area contributed by atoms with E-state index in [9.17, 15) is 4.79 Å². The van der Waals surface area contributed by atoms with Gasteiger partial charge in [0.05, 0.1) is 11.9 Å². The van der Waals surface area contributed by atoms with Crippen molar-refractivity contribution in [2.75, 3.05) is 11.9 Å². The highest BCUT2D eigenvalue weighted by Crippen LogP contribution is 2.14. The second-order valence-electron chi connectivity index (χ2n) is 4.09. The van der Waals surface area contributed by atoms with E-state index in [0.717, 1.165) is 6.42 Å². The van der Waals surface area contributed by atoms with Gasteiger partial charge in [-0.1, -0.05) is 41.4 Å². The van der Waals surface area contributed by atoms with E-state index in [-0.39, 0.29) is 10.6 Å². The van der Waals surface area contributed by atoms with E-state index in [1.54, 1.807) is 0 Å². The summed E-state index contributed by atoms with van der Waals surface area (Å²) in [6, 6.07) is 8.31. The van der Waals surface area contributed by atoms with Gasteiger partial charge in [-0.2, -0.15) is 5.10 Å². The molecule has 1 aromatic carbocycles. The minimum atomic E-state index is -0.378. The van der Waals surface area contributed by atoms with Crippen LogP contribution in [0, 0.1) is 6.92 Å². The minimum absolute atomic E-state index is 0.147. The van der Waals surface area contributed by atoms with Crippen LogP contribution in [0.25, 0.3) is 0 Å². The zero-order valence-electron chi connectivity index (χ0n) is 10.0. The maximum Gasteiger partial charge on any atom is 0.285 e. The molecule has 1 aromatic heterocycles. The summed E-state index contributed by atoms with van der Waals surface area (Å²) in [5.74, 6) is 0. The third kappa shape index (κ3) is 3.11. The second kappa shape index (κ2) is 5.69. The van der Waals surface area contributed by atoms with Crippen LogP contribution in [0.5, 0.6) is 0 Å². The van der Waals surface area contributed by atoms with Crippen molar-refractivity contribution in [3.8, 4) is 0 Å². The maximum atomic E-state index is 11.2. The van der Waals surface area contributed by atoms with Gasteiger partial charge in [-0.25, -0.2) is 5.10 Å². The molecule has 0 saturated heterocycles. The average molecular weight is 264 g/mol. The molecule has 0 aliphatic carbocycles. The van der Waals surface area contributed by atoms with Crippen LogP contribution in [0.2, 0.25) is 5.02 Å². The number of aromatic nitrogens is 2. The molecule has 1 heterocycles. The van der Waals surface area contributed by atoms with Crippen molar-refractivity contribution in [3.05, 3.63) is 57.0 Å². The number of halogens is 1. The first-order valence-electron chi connectivity index (χ1n) is 5.69. The van der Waals surface area contributed by atoms with Gasteiger partial charge in [0.25, 0.3) is 5.56 Å². The highest BCUT2D eigenvalue weighted by Gasteiger charge is 2.03. The number of nitrogens with zero attached hydrogens (tertiary/aromatic N) is 1. The topological polar surface area (TPSA) is 57.8 Å². The smallest absolute Gasteiger partial charge is 0.285 e. The normalized spacial score (nSPS) is 10.3. The number of benzene rings is 1. The zero-order chi connectivity index (χ0) is 13.0. The fraction of sp³-hybridized carbons (Fsp3) is 0.231. The Morgan fingerprint density at radius 2 is 2.28 bits per heavy atom. The van der Waals surface area contributed by atoms with Gasteiger partial charge in [-0.05, 0) is 18.9 Å². The maximum absolute atomic E-state index is 11.2. The molecule has 2 N–H and O–H groups in total. The van der Waals surface area contributed by atoms with Gasteiger partial charge < -0.3 is 5.32 Å². The molecule has 0 aliphatic rings. The Balaban J connectivity index is 1.97. The third-order valence-electron chi connectivity index (χ3n) is 2.61. The van der Waals surface area contributed by atoms with Crippen LogP contribution in [-0.4, -0.2) is 16.7 Å². The van der Waals surface area contributed by atoms with E-state index in [2.05, 4.69) is 40.6 Å². The molecule has 2 aromatic rings. The Kier molecular flexibility index (Phi) is 3.99. The number of aryl methyl sites for hydroxylation is 1. The highest BCUT2D eigenvalue weighted by atomic mass is 35.5. The van der Waals surface area contributed by atoms with Crippen LogP contribution >= 0.6 is 11.6 Å². The van der Waals surface area contributed by atoms with E-state index in [1.165, 1.54) is 17.3 Å². The molecule has 0 aliphatic heterocycles. The van der Waals surface area contributed by atoms with Crippen LogP contribution in [0.3, 0.4) is 0 Å². The molecule has 4 nitrogen and oxygen atoms in total. The molecule has 18 heavy (non-hydrogen) atoms. The Hall–Kier alpha value is -1.81. The Morgan fingerprint density at radius 3 is 3.06 bits per heavy atom. The Labute approximate surface area is 110 Å². The largest absolute Gasteiger partial charge is 0.382 e. The molecule has 0 atom stereocenters. The number of aromatic amines is 1. The standard InChI is InChI=1S/C13H14ClN3O/c1-9-3-2-4-10(7-9)5-6-15-11-8-16-17-13(18)12(11)14/h2-4,7-8H,5-6H2,1H3,(H2,15,17,18). The first kappa shape index (κ1) is 12.6. The number of H-pyrrole nitrogens is 1. The van der Waals surface area contributed by atoms with E-state index in [0.29, 0.717) is 12.2 Å². The van der Waals surface area contributed by atoms with Gasteiger partial charge in [0.1, 0.15) is 5.02 Å². The summed E-state index contributed by atoms with van der Waals surface area (Å²) < 4.78 is 0. The van der Waals surface area contributed by atoms with E-state index in [1.807, 2.05) is 6.07 Å². The van der Waals surface area contributed by atoms with Gasteiger partial charge >= 0.3 is 0 Å². The predicted octanol–water partition coefficient (Wildman–Crippen LogP) is 2.39. The lowest BCUT2D eigenvalue weighted by Crippen LogP contribution is -2.13. The molecule has 0 amide bonds. The molecule has 5 heteroatoms. The lowest BCUT2D eigenvalue weighted by molar-refractivity contribution is 0.968. The third-order valence-corrected chi connectivity index (χ3v) is 2.98. The molecule has 94 valence electrons. The van der Waals surface area contributed by atoms with Gasteiger partial charge in [-0.3, -0.25) is 4.79 Å². The fourth-order valence-corrected chi connectivity index (χ4v) is 1.87. The van der Waals surface area contributed by atoms with Gasteiger partial charge in [0.15, 0.2) is 0 Å². The molecule has 0 radical (unpaired) electrons. The first-order valence-corrected chi connectivity index (χ1v) is 6.07. The van der Waals surface area contributed by atoms with Crippen LogP contribution in [-0.2, 0) is 6.42 Å². The van der Waals surface area contributed by atoms with E-state index < -0.39 is 0 Å². The van der Waals surface area contributed by atoms with Crippen molar-refractivity contribution in [1.82, 2.24) is 10.2 Å². The molecule has 0 unspecified atom stereocenters. The molecule has 0 spiro atoms. The van der Waals surface area contributed by atoms with Crippen molar-refractivity contribution in [1.29, 1.82) is 0 Å². The van der Waals surface area contributed by atoms with Crippen molar-refractivity contribution < 1.29 is 0 Å². The van der Waals surface area contributed by atoms with Crippen LogP contribution in [0.15, 0.2) is 35.3 Å². The number of hydrogen-bond acceptors (Lipinski definition) is 3. The minimum Gasteiger partial charge on any atom is -0.382 e. The molecule has 0 saturated carbocycles. The summed E-state index contributed by atoms with van der Waals surface area (Å²) in [4.78, 5) is 11.2. The number of rotatable bonds is 4. The molecule has 0 fully saturated rings. The summed E-state index contributed by atoms with van der Waals surface area (Å²) in [6.07, 6.45) is 2.38. The van der Waals surface area contributed by atoms with Crippen LogP contribution in [0.1, 0.15) is 11.1 Å². The number of hydrogen-bond donors (Lipinski definition) is 2. The molecular weight excluding hydrogens is 250 g/mol. The Morgan fingerprint density at radius 1 is 1.44 bits per heavy atom. The predicted molar refractivity (Wildman–Crippen MR) is 73.2 cm³/mol. The SMILES string of the molecule is Cc1cccc(CCNc2cn[nH]c(=O)c2Cl)c1. The van der Waals surface area contributed by atoms with E-state index >= 15 is 0 Å². The van der Waals surface area contributed by atoms with E-state index in [4.69, 9.17) is 11.6 Å². The van der Waals surface area contributed by atoms with Gasteiger partial charge in [-0.15, -0.1) is 0 Å². The molecule has 0 bridgehead atoms. The summed E-state index contributed by atoms with van der Waals surface area (Å²) in [5, 5.41) is 9.23. The van der Waals surface area contributed by atoms with Gasteiger partial charge in [0, 0.05) is 6.54 Å². The van der Waals surface area contributed by atoms with Crippen molar-refractivity contribution in [2.45, 2.75) is 13.3 Å². The summed E-state index contributed by atoms with van der Waals surface area (Å²) >= 11 is 5.85. The quantitative estimate of drug-likeness (QED) is 0.891. The zero-order valence-corrected chi connectivity index (χ0v) is 10.8. The van der Waals surface area contributed by atoms with Gasteiger partial charge in [0.2, 0.25) is 0 Å². The second-order valence-corrected chi connectivity index (χ2v) is 4.47. The van der Waals surface area contributed by atoms with Crippen molar-refractivity contribution in [3.63, 3.8) is 0 Å². The number of nitrogens with one attached hydrogen (secondary N) is 2. The van der Waals surface area contributed by atoms with Crippen LogP contribution < -0.4 is 10.9 Å². The first-order chi connectivity index (χ1) is 8.66. The average Bonchev–Trinajstić information content (AvgIpc) is 2.35. The molecular formula is C13H14ClN3O. The van der Waals surface area contributed by atoms with Crippen molar-refractivity contribution in [2.24, 2.45) is 0 Å². The Bertz CT molecular complexity index is 595. The summed E-state index contributed by atoms with van der Waals surface area (Å²) in [5.41, 5.74) is 2.67.